The van der Waals surface area contributed by atoms with Gasteiger partial charge in [0.2, 0.25) is 11.8 Å². The second-order valence-electron chi connectivity index (χ2n) is 6.93. The molecule has 0 fully saturated rings. The number of hydrogen-bond acceptors (Lipinski definition) is 3. The molecule has 0 unspecified atom stereocenters. The van der Waals surface area contributed by atoms with Gasteiger partial charge in [0.05, 0.1) is 12.8 Å². The molecule has 2 aliphatic rings. The van der Waals surface area contributed by atoms with Crippen molar-refractivity contribution < 1.29 is 24.7 Å². The number of carbonyl (C=O) groups excluding carboxylic acids is 2. The fraction of sp³-hybridized carbons (Fsp3) is 0.455. The van der Waals surface area contributed by atoms with Gasteiger partial charge in [0.1, 0.15) is 0 Å². The number of fused-ring (bicyclic) bond motifs is 2. The largest absolute Gasteiger partial charge is 0.343 e. The summed E-state index contributed by atoms with van der Waals surface area (Å²) in [5, 5.41) is 0.657. The number of likely N-dealkylation sites (N-methyl/N-ethyl adjacent to an activating group) is 1. The quantitative estimate of drug-likeness (QED) is 0.827. The van der Waals surface area contributed by atoms with Crippen LogP contribution in [0.1, 0.15) is 51.6 Å². The molecule has 0 saturated heterocycles. The molecule has 5 nitrogen and oxygen atoms in total. The summed E-state index contributed by atoms with van der Waals surface area (Å²) >= 11 is 0. The van der Waals surface area contributed by atoms with E-state index in [4.69, 9.17) is 15.1 Å². The smallest absolute Gasteiger partial charge is 0.230 e. The Morgan fingerprint density at radius 1 is 1.37 bits per heavy atom. The Kier molecular flexibility index (Phi) is 2.26. The molecule has 1 aromatic carbocycles. The molecule has 1 aliphatic carbocycles. The number of amides is 1. The van der Waals surface area contributed by atoms with E-state index >= 15 is 0 Å². The zero-order valence-corrected chi connectivity index (χ0v) is 15.0. The van der Waals surface area contributed by atoms with E-state index in [2.05, 4.69) is 0 Å². The average molecular weight is 377 g/mol. The van der Waals surface area contributed by atoms with Crippen molar-refractivity contribution in [1.29, 1.82) is 0 Å². The molecule has 2 aromatic rings. The van der Waals surface area contributed by atoms with Crippen LogP contribution in [0.3, 0.4) is 0 Å². The van der Waals surface area contributed by atoms with Crippen LogP contribution in [0.15, 0.2) is 30.4 Å². The zero-order valence-electron chi connectivity index (χ0n) is 26.0. The van der Waals surface area contributed by atoms with E-state index in [9.17, 15) is 9.59 Å². The predicted octanol–water partition coefficient (Wildman–Crippen LogP) is 3.04. The Bertz CT molecular complexity index is 1330. The first-order valence-electron chi connectivity index (χ1n) is 14.1. The van der Waals surface area contributed by atoms with Crippen molar-refractivity contribution in [2.45, 2.75) is 33.1 Å². The Hall–Kier alpha value is -2.40. The molecule has 1 aliphatic heterocycles. The molecular weight excluding hydrogens is 338 g/mol. The summed E-state index contributed by atoms with van der Waals surface area (Å²) in [4.78, 5) is 27.5. The van der Waals surface area contributed by atoms with Crippen molar-refractivity contribution in [2.75, 3.05) is 26.6 Å². The number of nitrogens with zero attached hydrogens (tertiary/aromatic N) is 3. The number of carbonyl (C=O) groups is 2. The van der Waals surface area contributed by atoms with Crippen LogP contribution in [-0.4, -0.2) is 58.8 Å². The molecule has 0 radical (unpaired) electrons. The third kappa shape index (κ3) is 2.72. The highest BCUT2D eigenvalue weighted by Crippen LogP contribution is 2.41. The number of benzene rings is 1. The molecule has 27 heavy (non-hydrogen) atoms. The molecule has 0 N–H and O–H groups in total. The summed E-state index contributed by atoms with van der Waals surface area (Å²) in [6, 6.07) is 4.82. The van der Waals surface area contributed by atoms with Crippen LogP contribution in [-0.2, 0) is 11.2 Å². The van der Waals surface area contributed by atoms with Crippen LogP contribution in [0, 0.1) is 5.92 Å². The monoisotopic (exact) mass is 376 g/mol. The summed E-state index contributed by atoms with van der Waals surface area (Å²) in [6.07, 6.45) is 1.90. The topological polar surface area (TPSA) is 45.6 Å². The van der Waals surface area contributed by atoms with E-state index in [-0.39, 0.29) is 29.6 Å². The van der Waals surface area contributed by atoms with Gasteiger partial charge >= 0.3 is 0 Å². The lowest BCUT2D eigenvalue weighted by molar-refractivity contribution is -0.134. The van der Waals surface area contributed by atoms with Crippen molar-refractivity contribution in [2.24, 2.45) is 5.92 Å². The van der Waals surface area contributed by atoms with Gasteiger partial charge in [-0.2, -0.15) is 0 Å². The third-order valence-electron chi connectivity index (χ3n) is 5.37. The van der Waals surface area contributed by atoms with Crippen molar-refractivity contribution in [3.8, 4) is 0 Å². The maximum absolute atomic E-state index is 13.7. The van der Waals surface area contributed by atoms with Crippen molar-refractivity contribution in [3.63, 3.8) is 0 Å². The van der Waals surface area contributed by atoms with Crippen LogP contribution >= 0.6 is 0 Å². The molecule has 0 spiro atoms. The van der Waals surface area contributed by atoms with E-state index in [0.29, 0.717) is 34.0 Å². The minimum atomic E-state index is -3.63. The summed E-state index contributed by atoms with van der Waals surface area (Å²) in [5.74, 6) is -2.92. The first-order valence-corrected chi connectivity index (χ1v) is 8.63. The molecule has 4 rings (SSSR count). The van der Waals surface area contributed by atoms with E-state index in [0.717, 1.165) is 0 Å². The maximum Gasteiger partial charge on any atom is 0.230 e. The third-order valence-corrected chi connectivity index (χ3v) is 5.37. The van der Waals surface area contributed by atoms with Gasteiger partial charge in [-0.3, -0.25) is 19.1 Å². The number of aromatic nitrogens is 1. The van der Waals surface area contributed by atoms with Gasteiger partial charge in [-0.25, -0.2) is 0 Å². The highest BCUT2D eigenvalue weighted by molar-refractivity contribution is 6.03. The van der Waals surface area contributed by atoms with Crippen LogP contribution in [0.4, 0.5) is 0 Å². The van der Waals surface area contributed by atoms with Crippen LogP contribution in [0.5, 0.6) is 0 Å². The minimum Gasteiger partial charge on any atom is -0.343 e. The molecule has 5 heteroatoms. The fourth-order valence-electron chi connectivity index (χ4n) is 4.17. The number of rotatable bonds is 3. The van der Waals surface area contributed by atoms with E-state index in [1.807, 2.05) is 0 Å². The lowest BCUT2D eigenvalue weighted by Gasteiger charge is -2.40. The second kappa shape index (κ2) is 6.64. The Morgan fingerprint density at radius 3 is 2.85 bits per heavy atom. The molecule has 1 aromatic heterocycles. The molecule has 1 amide bonds. The van der Waals surface area contributed by atoms with Crippen molar-refractivity contribution in [1.82, 2.24) is 14.4 Å². The molecular formula is C22H27N3O2. The summed E-state index contributed by atoms with van der Waals surface area (Å²) in [6.45, 7) is -13.1. The Labute approximate surface area is 175 Å². The summed E-state index contributed by atoms with van der Waals surface area (Å²) in [7, 11) is 1.68. The first kappa shape index (κ1) is 9.20. The van der Waals surface area contributed by atoms with E-state index in [1.54, 1.807) is 30.1 Å². The fourth-order valence-corrected chi connectivity index (χ4v) is 4.17. The van der Waals surface area contributed by atoms with Crippen LogP contribution in [0.25, 0.3) is 16.5 Å². The molecule has 142 valence electrons. The predicted molar refractivity (Wildman–Crippen MR) is 108 cm³/mol. The van der Waals surface area contributed by atoms with Gasteiger partial charge in [-0.15, -0.1) is 0 Å². The molecule has 0 saturated carbocycles. The lowest BCUT2D eigenvalue weighted by atomic mass is 9.79. The molecule has 0 bridgehead atoms. The zero-order chi connectivity index (χ0) is 28.7. The SMILES string of the molecule is [2H]c1c2c3c(cccc3n1C(C)=O)C1=C[C@@H](C(=O)N(C([2H])([2H])C([2H])([2H])[2H])C([2H])([2H])C([2H])([2H])[2H])CN(C)[C@@H]1C2. The van der Waals surface area contributed by atoms with Gasteiger partial charge in [0.15, 0.2) is 0 Å². The van der Waals surface area contributed by atoms with E-state index < -0.39 is 38.5 Å². The first-order chi connectivity index (χ1) is 17.2. The minimum absolute atomic E-state index is 0.0634. The van der Waals surface area contributed by atoms with E-state index in [1.165, 1.54) is 17.6 Å². The summed E-state index contributed by atoms with van der Waals surface area (Å²) in [5.41, 5.74) is 2.42. The maximum atomic E-state index is 13.7. The Morgan fingerprint density at radius 2 is 2.15 bits per heavy atom. The lowest BCUT2D eigenvalue weighted by Crippen LogP contribution is -2.47. The van der Waals surface area contributed by atoms with Gasteiger partial charge in [0.25, 0.3) is 0 Å². The summed E-state index contributed by atoms with van der Waals surface area (Å²) < 4.78 is 88.0. The molecule has 2 heterocycles. The normalized spacial score (nSPS) is 29.7. The molecule has 2 atom stereocenters. The Balaban J connectivity index is 1.90. The van der Waals surface area contributed by atoms with Gasteiger partial charge < -0.3 is 4.90 Å². The van der Waals surface area contributed by atoms with Crippen molar-refractivity contribution >= 4 is 28.3 Å². The van der Waals surface area contributed by atoms with Gasteiger partial charge in [0, 0.05) is 57.8 Å². The highest BCUT2D eigenvalue weighted by Gasteiger charge is 2.37. The highest BCUT2D eigenvalue weighted by atomic mass is 16.2. The second-order valence-corrected chi connectivity index (χ2v) is 6.93. The van der Waals surface area contributed by atoms with Crippen molar-refractivity contribution in [3.05, 3.63) is 41.6 Å². The van der Waals surface area contributed by atoms with Gasteiger partial charge in [-0.1, -0.05) is 18.2 Å². The average Bonchev–Trinajstić information content (AvgIpc) is 3.05. The van der Waals surface area contributed by atoms with Gasteiger partial charge in [-0.05, 0) is 49.9 Å². The van der Waals surface area contributed by atoms with Crippen LogP contribution < -0.4 is 0 Å². The number of hydrogen-bond donors (Lipinski definition) is 0. The van der Waals surface area contributed by atoms with Crippen LogP contribution in [0.2, 0.25) is 0 Å². The standard InChI is InChI=1S/C22H27N3O2/c1-5-24(6-2)22(27)16-10-18-17-8-7-9-19-21(17)15(13-25(19)14(3)26)11-20(18)23(4)12-16/h7-10,13,16,20H,5-6,11-12H2,1-4H3/t16-,20-/m1/s1/i1D3,2D3,5D2,6D2,13D.